The number of fused-ring (bicyclic) bond motifs is 1. The number of benzene rings is 2. The molecule has 0 aliphatic carbocycles. The molecule has 0 saturated heterocycles. The van der Waals surface area contributed by atoms with E-state index in [1.807, 2.05) is 36.8 Å². The summed E-state index contributed by atoms with van der Waals surface area (Å²) in [6, 6.07) is 12.2. The van der Waals surface area contributed by atoms with Crippen LogP contribution in [-0.2, 0) is 16.4 Å². The standard InChI is InChI=1S/C14H19NOS/c1-17(2,16)14-8-4-6-12-11(9-10-15)5-3-7-13(12)14/h3-8,17H,9-10,15H2,1-2H3. The van der Waals surface area contributed by atoms with Gasteiger partial charge in [0.15, 0.2) is 0 Å². The molecular formula is C14H19NOS. The lowest BCUT2D eigenvalue weighted by Crippen LogP contribution is -2.08. The molecule has 0 amide bonds. The average Bonchev–Trinajstić information content (AvgIpc) is 2.28. The van der Waals surface area contributed by atoms with Crippen molar-refractivity contribution in [2.24, 2.45) is 5.73 Å². The van der Waals surface area contributed by atoms with Gasteiger partial charge < -0.3 is 5.73 Å². The van der Waals surface area contributed by atoms with E-state index in [-0.39, 0.29) is 0 Å². The maximum absolute atomic E-state index is 12.3. The Hall–Kier alpha value is -1.19. The molecule has 17 heavy (non-hydrogen) atoms. The Morgan fingerprint density at radius 2 is 1.71 bits per heavy atom. The minimum Gasteiger partial charge on any atom is -0.330 e. The van der Waals surface area contributed by atoms with E-state index < -0.39 is 9.93 Å². The van der Waals surface area contributed by atoms with Crippen LogP contribution in [0.3, 0.4) is 0 Å². The first-order valence-corrected chi connectivity index (χ1v) is 8.40. The van der Waals surface area contributed by atoms with Crippen LogP contribution < -0.4 is 5.73 Å². The Labute approximate surface area is 103 Å². The van der Waals surface area contributed by atoms with E-state index in [0.717, 1.165) is 16.7 Å². The summed E-state index contributed by atoms with van der Waals surface area (Å²) in [5.41, 5.74) is 6.86. The number of rotatable bonds is 3. The van der Waals surface area contributed by atoms with Crippen molar-refractivity contribution in [3.63, 3.8) is 0 Å². The second-order valence-corrected chi connectivity index (χ2v) is 7.86. The van der Waals surface area contributed by atoms with Crippen LogP contribution in [0.15, 0.2) is 41.3 Å². The van der Waals surface area contributed by atoms with Gasteiger partial charge in [-0.2, -0.15) is 0 Å². The van der Waals surface area contributed by atoms with Crippen LogP contribution in [-0.4, -0.2) is 23.3 Å². The van der Waals surface area contributed by atoms with Gasteiger partial charge in [0.1, 0.15) is 0 Å². The molecule has 0 heterocycles. The maximum Gasteiger partial charge on any atom is 0.0220 e. The second-order valence-electron chi connectivity index (χ2n) is 4.68. The van der Waals surface area contributed by atoms with Crippen molar-refractivity contribution >= 4 is 20.7 Å². The molecule has 0 fully saturated rings. The van der Waals surface area contributed by atoms with E-state index in [0.29, 0.717) is 6.54 Å². The zero-order valence-electron chi connectivity index (χ0n) is 10.3. The normalized spacial score (nSPS) is 12.9. The molecule has 0 radical (unpaired) electrons. The van der Waals surface area contributed by atoms with Crippen LogP contribution in [0.1, 0.15) is 5.56 Å². The van der Waals surface area contributed by atoms with Crippen molar-refractivity contribution in [1.82, 2.24) is 0 Å². The van der Waals surface area contributed by atoms with E-state index >= 15 is 0 Å². The molecule has 0 spiro atoms. The summed E-state index contributed by atoms with van der Waals surface area (Å²) in [4.78, 5) is 0.967. The third kappa shape index (κ3) is 2.40. The highest BCUT2D eigenvalue weighted by Gasteiger charge is 2.10. The molecule has 3 heteroatoms. The van der Waals surface area contributed by atoms with Crippen LogP contribution in [0.4, 0.5) is 0 Å². The number of hydrogen-bond donors (Lipinski definition) is 2. The Bertz CT molecular complexity index is 586. The van der Waals surface area contributed by atoms with Gasteiger partial charge in [-0.25, -0.2) is 0 Å². The molecule has 2 aromatic carbocycles. The second kappa shape index (κ2) is 4.59. The Morgan fingerprint density at radius 3 is 2.35 bits per heavy atom. The molecular weight excluding hydrogens is 230 g/mol. The molecule has 0 aliphatic rings. The molecule has 0 aromatic heterocycles. The Balaban J connectivity index is 2.74. The molecule has 2 rings (SSSR count). The fraction of sp³-hybridized carbons (Fsp3) is 0.286. The summed E-state index contributed by atoms with van der Waals surface area (Å²) >= 11 is 0. The van der Waals surface area contributed by atoms with Gasteiger partial charge >= 0.3 is 0 Å². The first-order chi connectivity index (χ1) is 8.04. The Morgan fingerprint density at radius 1 is 1.06 bits per heavy atom. The van der Waals surface area contributed by atoms with Crippen molar-refractivity contribution in [1.29, 1.82) is 0 Å². The number of hydrogen-bond acceptors (Lipinski definition) is 2. The van der Waals surface area contributed by atoms with Crippen molar-refractivity contribution in [2.45, 2.75) is 11.3 Å². The average molecular weight is 249 g/mol. The molecule has 2 aromatic rings. The zero-order valence-corrected chi connectivity index (χ0v) is 11.2. The molecule has 0 atom stereocenters. The zero-order chi connectivity index (χ0) is 12.5. The van der Waals surface area contributed by atoms with Gasteiger partial charge in [0.2, 0.25) is 0 Å². The Kier molecular flexibility index (Phi) is 3.31. The molecule has 2 nitrogen and oxygen atoms in total. The molecule has 0 aliphatic heterocycles. The van der Waals surface area contributed by atoms with Gasteiger partial charge in [0.05, 0.1) is 0 Å². The highest BCUT2D eigenvalue weighted by molar-refractivity contribution is 8.02. The third-order valence-electron chi connectivity index (χ3n) is 2.98. The summed E-state index contributed by atoms with van der Waals surface area (Å²) in [5, 5.41) is 2.28. The monoisotopic (exact) mass is 249 g/mol. The van der Waals surface area contributed by atoms with Crippen LogP contribution in [0.2, 0.25) is 0 Å². The van der Waals surface area contributed by atoms with E-state index in [1.165, 1.54) is 10.9 Å². The van der Waals surface area contributed by atoms with Crippen LogP contribution >= 0.6 is 0 Å². The summed E-state index contributed by atoms with van der Waals surface area (Å²) in [6.07, 6.45) is 4.49. The molecule has 92 valence electrons. The predicted octanol–water partition coefficient (Wildman–Crippen LogP) is 1.98. The number of thiol groups is 1. The van der Waals surface area contributed by atoms with Crippen molar-refractivity contribution < 1.29 is 4.21 Å². The van der Waals surface area contributed by atoms with Gasteiger partial charge in [0, 0.05) is 4.90 Å². The largest absolute Gasteiger partial charge is 0.330 e. The lowest BCUT2D eigenvalue weighted by Gasteiger charge is -2.16. The van der Waals surface area contributed by atoms with Gasteiger partial charge in [-0.15, -0.1) is 0 Å². The van der Waals surface area contributed by atoms with Crippen molar-refractivity contribution in [3.05, 3.63) is 42.0 Å². The maximum atomic E-state index is 12.3. The van der Waals surface area contributed by atoms with Gasteiger partial charge in [0.25, 0.3) is 0 Å². The van der Waals surface area contributed by atoms with Crippen molar-refractivity contribution in [3.8, 4) is 0 Å². The minimum atomic E-state index is -2.23. The molecule has 0 bridgehead atoms. The fourth-order valence-corrected chi connectivity index (χ4v) is 3.42. The lowest BCUT2D eigenvalue weighted by atomic mass is 10.0. The summed E-state index contributed by atoms with van der Waals surface area (Å²) in [5.74, 6) is 0. The predicted molar refractivity (Wildman–Crippen MR) is 76.4 cm³/mol. The lowest BCUT2D eigenvalue weighted by molar-refractivity contribution is 0.679. The van der Waals surface area contributed by atoms with Crippen LogP contribution in [0.5, 0.6) is 0 Å². The van der Waals surface area contributed by atoms with E-state index in [9.17, 15) is 4.21 Å². The summed E-state index contributed by atoms with van der Waals surface area (Å²) in [7, 11) is -2.23. The van der Waals surface area contributed by atoms with Gasteiger partial charge in [-0.05, 0) is 47.9 Å². The summed E-state index contributed by atoms with van der Waals surface area (Å²) < 4.78 is 12.3. The third-order valence-corrected chi connectivity index (χ3v) is 4.53. The summed E-state index contributed by atoms with van der Waals surface area (Å²) in [6.45, 7) is 0.638. The highest BCUT2D eigenvalue weighted by Crippen LogP contribution is 2.27. The molecule has 2 N–H and O–H groups in total. The van der Waals surface area contributed by atoms with Crippen LogP contribution in [0.25, 0.3) is 10.8 Å². The fourth-order valence-electron chi connectivity index (χ4n) is 2.20. The van der Waals surface area contributed by atoms with Gasteiger partial charge in [-0.1, -0.05) is 40.3 Å². The van der Waals surface area contributed by atoms with Crippen LogP contribution in [0, 0.1) is 0 Å². The van der Waals surface area contributed by atoms with E-state index in [2.05, 4.69) is 12.1 Å². The molecule has 0 saturated carbocycles. The SMILES string of the molecule is C[SH](C)(=O)c1cccc2c(CCN)cccc12. The topological polar surface area (TPSA) is 43.1 Å². The highest BCUT2D eigenvalue weighted by atomic mass is 32.2. The quantitative estimate of drug-likeness (QED) is 0.817. The first-order valence-electron chi connectivity index (χ1n) is 5.80. The number of nitrogens with two attached hydrogens (primary N) is 1. The first kappa shape index (κ1) is 12.3. The minimum absolute atomic E-state index is 0.638. The van der Waals surface area contributed by atoms with E-state index in [4.69, 9.17) is 5.73 Å². The molecule has 0 unspecified atom stereocenters. The van der Waals surface area contributed by atoms with Gasteiger partial charge in [-0.3, -0.25) is 4.21 Å². The smallest absolute Gasteiger partial charge is 0.0220 e. The van der Waals surface area contributed by atoms with E-state index in [1.54, 1.807) is 0 Å². The van der Waals surface area contributed by atoms with Crippen molar-refractivity contribution in [2.75, 3.05) is 19.1 Å².